The van der Waals surface area contributed by atoms with Crippen molar-refractivity contribution in [1.29, 1.82) is 0 Å². The van der Waals surface area contributed by atoms with Crippen LogP contribution in [0.1, 0.15) is 37.5 Å². The van der Waals surface area contributed by atoms with Gasteiger partial charge >= 0.3 is 0 Å². The SMILES string of the molecule is Cc1ccccc1CN(C(=O)CSCc1ccc(Br)cc1)C(C)C(=O)NC(C)C. The number of carbonyl (C=O) groups is 2. The summed E-state index contributed by atoms with van der Waals surface area (Å²) in [5.74, 6) is 0.937. The number of nitrogens with zero attached hydrogens (tertiary/aromatic N) is 1. The van der Waals surface area contributed by atoms with Gasteiger partial charge in [-0.15, -0.1) is 11.8 Å². The number of aryl methyl sites for hydroxylation is 1. The molecule has 6 heteroatoms. The Bertz CT molecular complexity index is 824. The maximum atomic E-state index is 13.1. The molecule has 2 aromatic carbocycles. The van der Waals surface area contributed by atoms with Crippen molar-refractivity contribution in [2.75, 3.05) is 5.75 Å². The molecule has 2 aromatic rings. The highest BCUT2D eigenvalue weighted by Gasteiger charge is 2.26. The Hall–Kier alpha value is -1.79. The Balaban J connectivity index is 2.07. The molecule has 0 aliphatic heterocycles. The molecule has 0 fully saturated rings. The Morgan fingerprint density at radius 3 is 2.34 bits per heavy atom. The van der Waals surface area contributed by atoms with Crippen molar-refractivity contribution >= 4 is 39.5 Å². The van der Waals surface area contributed by atoms with Gasteiger partial charge in [0, 0.05) is 22.8 Å². The predicted octanol–water partition coefficient (Wildman–Crippen LogP) is 4.93. The van der Waals surface area contributed by atoms with E-state index >= 15 is 0 Å². The zero-order chi connectivity index (χ0) is 21.4. The van der Waals surface area contributed by atoms with Crippen LogP contribution in [0, 0.1) is 6.92 Å². The lowest BCUT2D eigenvalue weighted by atomic mass is 10.1. The molecule has 0 saturated heterocycles. The lowest BCUT2D eigenvalue weighted by Gasteiger charge is -2.30. The molecule has 4 nitrogen and oxygen atoms in total. The fourth-order valence-corrected chi connectivity index (χ4v) is 4.01. The third kappa shape index (κ3) is 7.52. The lowest BCUT2D eigenvalue weighted by Crippen LogP contribution is -2.49. The van der Waals surface area contributed by atoms with Gasteiger partial charge in [0.1, 0.15) is 6.04 Å². The fraction of sp³-hybridized carbons (Fsp3) is 0.391. The second-order valence-electron chi connectivity index (χ2n) is 7.41. The van der Waals surface area contributed by atoms with Crippen LogP contribution in [0.3, 0.4) is 0 Å². The minimum Gasteiger partial charge on any atom is -0.352 e. The highest BCUT2D eigenvalue weighted by molar-refractivity contribution is 9.10. The Morgan fingerprint density at radius 1 is 1.07 bits per heavy atom. The first-order valence-corrected chi connectivity index (χ1v) is 11.7. The summed E-state index contributed by atoms with van der Waals surface area (Å²) in [6.45, 7) is 8.10. The molecular weight excluding hydrogens is 448 g/mol. The van der Waals surface area contributed by atoms with Crippen molar-refractivity contribution in [3.63, 3.8) is 0 Å². The molecule has 0 heterocycles. The smallest absolute Gasteiger partial charge is 0.242 e. The van der Waals surface area contributed by atoms with Crippen LogP contribution in [0.5, 0.6) is 0 Å². The predicted molar refractivity (Wildman–Crippen MR) is 125 cm³/mol. The van der Waals surface area contributed by atoms with Gasteiger partial charge in [-0.2, -0.15) is 0 Å². The number of amides is 2. The van der Waals surface area contributed by atoms with E-state index in [2.05, 4.69) is 21.2 Å². The van der Waals surface area contributed by atoms with E-state index in [4.69, 9.17) is 0 Å². The fourth-order valence-electron chi connectivity index (χ4n) is 2.88. The van der Waals surface area contributed by atoms with Gasteiger partial charge in [-0.25, -0.2) is 0 Å². The van der Waals surface area contributed by atoms with Gasteiger partial charge in [0.25, 0.3) is 0 Å². The first-order valence-electron chi connectivity index (χ1n) is 9.74. The summed E-state index contributed by atoms with van der Waals surface area (Å²) in [5.41, 5.74) is 3.34. The van der Waals surface area contributed by atoms with E-state index in [9.17, 15) is 9.59 Å². The number of halogens is 1. The van der Waals surface area contributed by atoms with Crippen LogP contribution >= 0.6 is 27.7 Å². The van der Waals surface area contributed by atoms with Gasteiger partial charge in [-0.3, -0.25) is 9.59 Å². The van der Waals surface area contributed by atoms with E-state index in [1.807, 2.05) is 69.3 Å². The largest absolute Gasteiger partial charge is 0.352 e. The van der Waals surface area contributed by atoms with Gasteiger partial charge in [0.05, 0.1) is 5.75 Å². The summed E-state index contributed by atoms with van der Waals surface area (Å²) >= 11 is 5.00. The second-order valence-corrected chi connectivity index (χ2v) is 9.31. The van der Waals surface area contributed by atoms with Crippen LogP contribution in [0.4, 0.5) is 0 Å². The van der Waals surface area contributed by atoms with Gasteiger partial charge in [0.2, 0.25) is 11.8 Å². The molecular formula is C23H29BrN2O2S. The van der Waals surface area contributed by atoms with Gasteiger partial charge in [0.15, 0.2) is 0 Å². The topological polar surface area (TPSA) is 49.4 Å². The molecule has 29 heavy (non-hydrogen) atoms. The van der Waals surface area contributed by atoms with Crippen LogP contribution in [0.25, 0.3) is 0 Å². The average Bonchev–Trinajstić information content (AvgIpc) is 2.67. The summed E-state index contributed by atoms with van der Waals surface area (Å²) in [6.07, 6.45) is 0. The third-order valence-corrected chi connectivity index (χ3v) is 6.12. The standard InChI is InChI=1S/C23H29BrN2O2S/c1-16(2)25-23(28)18(4)26(13-20-8-6-5-7-17(20)3)22(27)15-29-14-19-9-11-21(24)12-10-19/h5-12,16,18H,13-15H2,1-4H3,(H,25,28). The highest BCUT2D eigenvalue weighted by Crippen LogP contribution is 2.19. The summed E-state index contributed by atoms with van der Waals surface area (Å²) in [5, 5.41) is 2.92. The van der Waals surface area contributed by atoms with Gasteiger partial charge in [-0.05, 0) is 56.5 Å². The minimum absolute atomic E-state index is 0.0261. The molecule has 1 N–H and O–H groups in total. The van der Waals surface area contributed by atoms with E-state index in [0.717, 1.165) is 21.4 Å². The number of benzene rings is 2. The van der Waals surface area contributed by atoms with Gasteiger partial charge < -0.3 is 10.2 Å². The number of nitrogens with one attached hydrogen (secondary N) is 1. The zero-order valence-corrected chi connectivity index (χ0v) is 19.8. The van der Waals surface area contributed by atoms with Gasteiger partial charge in [-0.1, -0.05) is 52.3 Å². The zero-order valence-electron chi connectivity index (χ0n) is 17.4. The molecule has 2 rings (SSSR count). The van der Waals surface area contributed by atoms with Crippen molar-refractivity contribution < 1.29 is 9.59 Å². The maximum Gasteiger partial charge on any atom is 0.242 e. The van der Waals surface area contributed by atoms with E-state index < -0.39 is 6.04 Å². The Morgan fingerprint density at radius 2 is 1.72 bits per heavy atom. The van der Waals surface area contributed by atoms with Crippen molar-refractivity contribution in [1.82, 2.24) is 10.2 Å². The molecule has 0 aliphatic rings. The number of thioether (sulfide) groups is 1. The van der Waals surface area contributed by atoms with Crippen molar-refractivity contribution in [2.24, 2.45) is 0 Å². The van der Waals surface area contributed by atoms with E-state index in [-0.39, 0.29) is 17.9 Å². The normalized spacial score (nSPS) is 11.9. The number of carbonyl (C=O) groups excluding carboxylic acids is 2. The highest BCUT2D eigenvalue weighted by atomic mass is 79.9. The van der Waals surface area contributed by atoms with Crippen LogP contribution in [-0.4, -0.2) is 34.6 Å². The first kappa shape index (κ1) is 23.5. The lowest BCUT2D eigenvalue weighted by molar-refractivity contribution is -0.138. The minimum atomic E-state index is -0.530. The van der Waals surface area contributed by atoms with Crippen LogP contribution in [0.2, 0.25) is 0 Å². The summed E-state index contributed by atoms with van der Waals surface area (Å²) in [4.78, 5) is 27.3. The van der Waals surface area contributed by atoms with Crippen LogP contribution < -0.4 is 5.32 Å². The third-order valence-electron chi connectivity index (χ3n) is 4.61. The second kappa shape index (κ2) is 11.4. The van der Waals surface area contributed by atoms with Crippen LogP contribution in [-0.2, 0) is 21.9 Å². The van der Waals surface area contributed by atoms with Crippen LogP contribution in [0.15, 0.2) is 53.0 Å². The molecule has 1 atom stereocenters. The first-order chi connectivity index (χ1) is 13.8. The Kier molecular flexibility index (Phi) is 9.24. The van der Waals surface area contributed by atoms with Crippen molar-refractivity contribution in [3.8, 4) is 0 Å². The molecule has 0 aliphatic carbocycles. The number of rotatable bonds is 9. The quantitative estimate of drug-likeness (QED) is 0.557. The summed E-state index contributed by atoms with van der Waals surface area (Å²) in [6, 6.07) is 15.6. The monoisotopic (exact) mass is 476 g/mol. The molecule has 0 spiro atoms. The summed E-state index contributed by atoms with van der Waals surface area (Å²) in [7, 11) is 0. The van der Waals surface area contributed by atoms with Crippen molar-refractivity contribution in [3.05, 3.63) is 69.7 Å². The molecule has 156 valence electrons. The van der Waals surface area contributed by atoms with E-state index in [1.54, 1.807) is 23.6 Å². The van der Waals surface area contributed by atoms with E-state index in [0.29, 0.717) is 12.3 Å². The van der Waals surface area contributed by atoms with Crippen molar-refractivity contribution in [2.45, 2.75) is 52.1 Å². The molecule has 0 aromatic heterocycles. The molecule has 0 radical (unpaired) electrons. The summed E-state index contributed by atoms with van der Waals surface area (Å²) < 4.78 is 1.04. The number of hydrogen-bond acceptors (Lipinski definition) is 3. The maximum absolute atomic E-state index is 13.1. The molecule has 0 bridgehead atoms. The molecule has 1 unspecified atom stereocenters. The number of hydrogen-bond donors (Lipinski definition) is 1. The molecule has 0 saturated carbocycles. The Labute approximate surface area is 186 Å². The molecule has 2 amide bonds. The average molecular weight is 477 g/mol. The van der Waals surface area contributed by atoms with E-state index in [1.165, 1.54) is 5.56 Å².